The summed E-state index contributed by atoms with van der Waals surface area (Å²) in [7, 11) is 1.87. The third-order valence-electron chi connectivity index (χ3n) is 2.98. The summed E-state index contributed by atoms with van der Waals surface area (Å²) < 4.78 is 1.90. The number of hydrogen-bond acceptors (Lipinski definition) is 1. The van der Waals surface area contributed by atoms with Gasteiger partial charge in [-0.25, -0.2) is 4.79 Å². The van der Waals surface area contributed by atoms with Crippen LogP contribution in [0.25, 0.3) is 21.9 Å². The molecule has 0 spiro atoms. The maximum atomic E-state index is 10.9. The van der Waals surface area contributed by atoms with Gasteiger partial charge < -0.3 is 14.7 Å². The zero-order valence-corrected chi connectivity index (χ0v) is 9.75. The minimum Gasteiger partial charge on any atom is -0.477 e. The van der Waals surface area contributed by atoms with Crippen LogP contribution in [0.3, 0.4) is 0 Å². The van der Waals surface area contributed by atoms with Crippen LogP contribution in [0.15, 0.2) is 24.3 Å². The summed E-state index contributed by atoms with van der Waals surface area (Å²) in [5, 5.41) is 10.5. The summed E-state index contributed by atoms with van der Waals surface area (Å²) in [5.74, 6) is -0.962. The Morgan fingerprint density at radius 2 is 2.24 bits per heavy atom. The lowest BCUT2D eigenvalue weighted by atomic mass is 10.2. The number of benzene rings is 1. The third kappa shape index (κ3) is 1.27. The minimum atomic E-state index is -0.962. The average Bonchev–Trinajstić information content (AvgIpc) is 2.81. The summed E-state index contributed by atoms with van der Waals surface area (Å²) in [6.07, 6.45) is 0. The largest absolute Gasteiger partial charge is 0.477 e. The van der Waals surface area contributed by atoms with E-state index < -0.39 is 5.97 Å². The van der Waals surface area contributed by atoms with E-state index in [4.69, 9.17) is 16.7 Å². The molecule has 86 valence electrons. The van der Waals surface area contributed by atoms with Crippen LogP contribution in [-0.4, -0.2) is 20.6 Å². The molecule has 0 unspecified atom stereocenters. The minimum absolute atomic E-state index is 0.187. The number of carbonyl (C=O) groups is 1. The zero-order valence-electron chi connectivity index (χ0n) is 8.99. The molecule has 0 fully saturated rings. The molecule has 0 amide bonds. The fourth-order valence-electron chi connectivity index (χ4n) is 2.21. The Kier molecular flexibility index (Phi) is 1.97. The van der Waals surface area contributed by atoms with Gasteiger partial charge in [0.25, 0.3) is 0 Å². The number of fused-ring (bicyclic) bond motifs is 3. The number of para-hydroxylation sites is 1. The van der Waals surface area contributed by atoms with E-state index in [1.807, 2.05) is 29.8 Å². The molecule has 4 nitrogen and oxygen atoms in total. The molecule has 1 aromatic carbocycles. The van der Waals surface area contributed by atoms with E-state index in [0.717, 1.165) is 21.9 Å². The number of aromatic nitrogens is 2. The molecule has 3 aromatic rings. The van der Waals surface area contributed by atoms with E-state index >= 15 is 0 Å². The van der Waals surface area contributed by atoms with Crippen molar-refractivity contribution in [3.05, 3.63) is 35.0 Å². The molecule has 0 bridgehead atoms. The SMILES string of the molecule is Cn1c2cc(C(=O)O)[nH]c2c2cccc(Cl)c21. The number of aromatic carboxylic acids is 1. The lowest BCUT2D eigenvalue weighted by Gasteiger charge is -1.99. The van der Waals surface area contributed by atoms with Gasteiger partial charge in [0, 0.05) is 12.4 Å². The Balaban J connectivity index is 2.51. The van der Waals surface area contributed by atoms with Crippen LogP contribution in [0.4, 0.5) is 0 Å². The normalized spacial score (nSPS) is 11.4. The smallest absolute Gasteiger partial charge is 0.352 e. The number of nitrogens with one attached hydrogen (secondary N) is 1. The maximum absolute atomic E-state index is 10.9. The van der Waals surface area contributed by atoms with Gasteiger partial charge in [0.15, 0.2) is 0 Å². The van der Waals surface area contributed by atoms with E-state index in [9.17, 15) is 4.79 Å². The number of hydrogen-bond donors (Lipinski definition) is 2. The number of H-pyrrole nitrogens is 1. The van der Waals surface area contributed by atoms with E-state index in [1.165, 1.54) is 0 Å². The number of carboxylic acid groups (broad SMARTS) is 1. The van der Waals surface area contributed by atoms with Crippen LogP contribution >= 0.6 is 11.6 Å². The van der Waals surface area contributed by atoms with Gasteiger partial charge in [0.2, 0.25) is 0 Å². The topological polar surface area (TPSA) is 58.0 Å². The summed E-state index contributed by atoms with van der Waals surface area (Å²) in [4.78, 5) is 13.8. The second-order valence-electron chi connectivity index (χ2n) is 3.94. The van der Waals surface area contributed by atoms with E-state index in [2.05, 4.69) is 4.98 Å². The Morgan fingerprint density at radius 3 is 2.94 bits per heavy atom. The monoisotopic (exact) mass is 248 g/mol. The highest BCUT2D eigenvalue weighted by molar-refractivity contribution is 6.36. The fourth-order valence-corrected chi connectivity index (χ4v) is 2.51. The lowest BCUT2D eigenvalue weighted by Crippen LogP contribution is -1.95. The highest BCUT2D eigenvalue weighted by Crippen LogP contribution is 2.32. The van der Waals surface area contributed by atoms with Crippen LogP contribution in [0.2, 0.25) is 5.02 Å². The van der Waals surface area contributed by atoms with Gasteiger partial charge in [-0.15, -0.1) is 0 Å². The van der Waals surface area contributed by atoms with Crippen LogP contribution in [0, 0.1) is 0 Å². The molecule has 0 saturated heterocycles. The van der Waals surface area contributed by atoms with Gasteiger partial charge in [-0.3, -0.25) is 0 Å². The first-order valence-corrected chi connectivity index (χ1v) is 5.46. The molecular weight excluding hydrogens is 240 g/mol. The predicted octanol–water partition coefficient (Wildman–Crippen LogP) is 3.01. The first kappa shape index (κ1) is 10.2. The van der Waals surface area contributed by atoms with Gasteiger partial charge in [0.1, 0.15) is 5.69 Å². The second-order valence-corrected chi connectivity index (χ2v) is 4.35. The van der Waals surface area contributed by atoms with Crippen LogP contribution in [0.5, 0.6) is 0 Å². The molecule has 2 aromatic heterocycles. The number of halogens is 1. The zero-order chi connectivity index (χ0) is 12.2. The van der Waals surface area contributed by atoms with Crippen molar-refractivity contribution in [3.8, 4) is 0 Å². The molecule has 0 radical (unpaired) electrons. The number of nitrogens with zero attached hydrogens (tertiary/aromatic N) is 1. The molecule has 0 atom stereocenters. The van der Waals surface area contributed by atoms with Crippen molar-refractivity contribution in [1.29, 1.82) is 0 Å². The molecule has 2 N–H and O–H groups in total. The summed E-state index contributed by atoms with van der Waals surface area (Å²) in [5.41, 5.74) is 2.74. The average molecular weight is 249 g/mol. The first-order valence-electron chi connectivity index (χ1n) is 5.08. The van der Waals surface area contributed by atoms with Crippen LogP contribution in [-0.2, 0) is 7.05 Å². The molecule has 0 saturated carbocycles. The molecule has 0 aliphatic heterocycles. The van der Waals surface area contributed by atoms with Gasteiger partial charge in [-0.2, -0.15) is 0 Å². The Bertz CT molecular complexity index is 755. The van der Waals surface area contributed by atoms with E-state index in [-0.39, 0.29) is 5.69 Å². The lowest BCUT2D eigenvalue weighted by molar-refractivity contribution is 0.0691. The highest BCUT2D eigenvalue weighted by atomic mass is 35.5. The van der Waals surface area contributed by atoms with E-state index in [0.29, 0.717) is 5.02 Å². The van der Waals surface area contributed by atoms with E-state index in [1.54, 1.807) is 6.07 Å². The van der Waals surface area contributed by atoms with Crippen molar-refractivity contribution >= 4 is 39.5 Å². The molecular formula is C12H9ClN2O2. The Morgan fingerprint density at radius 1 is 1.47 bits per heavy atom. The summed E-state index contributed by atoms with van der Waals surface area (Å²) >= 11 is 6.14. The van der Waals surface area contributed by atoms with Crippen molar-refractivity contribution in [2.45, 2.75) is 0 Å². The van der Waals surface area contributed by atoms with Crippen molar-refractivity contribution in [3.63, 3.8) is 0 Å². The van der Waals surface area contributed by atoms with Gasteiger partial charge in [-0.05, 0) is 12.1 Å². The third-order valence-corrected chi connectivity index (χ3v) is 3.29. The molecule has 5 heteroatoms. The predicted molar refractivity (Wildman–Crippen MR) is 66.7 cm³/mol. The molecule has 0 aliphatic rings. The second kappa shape index (κ2) is 3.28. The molecule has 3 rings (SSSR count). The first-order chi connectivity index (χ1) is 8.09. The summed E-state index contributed by atoms with van der Waals surface area (Å²) in [6.45, 7) is 0. The van der Waals surface area contributed by atoms with Crippen molar-refractivity contribution < 1.29 is 9.90 Å². The van der Waals surface area contributed by atoms with Gasteiger partial charge >= 0.3 is 5.97 Å². The number of aromatic amines is 1. The fraction of sp³-hybridized carbons (Fsp3) is 0.0833. The Labute approximate surface area is 101 Å². The molecule has 17 heavy (non-hydrogen) atoms. The molecule has 2 heterocycles. The van der Waals surface area contributed by atoms with Crippen molar-refractivity contribution in [1.82, 2.24) is 9.55 Å². The number of rotatable bonds is 1. The number of aryl methyl sites for hydroxylation is 1. The van der Waals surface area contributed by atoms with Crippen molar-refractivity contribution in [2.75, 3.05) is 0 Å². The Hall–Kier alpha value is -1.94. The summed E-state index contributed by atoms with van der Waals surface area (Å²) in [6, 6.07) is 7.21. The van der Waals surface area contributed by atoms with Crippen molar-refractivity contribution in [2.24, 2.45) is 7.05 Å². The number of carboxylic acids is 1. The maximum Gasteiger partial charge on any atom is 0.352 e. The van der Waals surface area contributed by atoms with Gasteiger partial charge in [-0.1, -0.05) is 23.7 Å². The standard InChI is InChI=1S/C12H9ClN2O2/c1-15-9-5-8(12(16)17)14-10(9)6-3-2-4-7(13)11(6)15/h2-5,14H,1H3,(H,16,17). The molecule has 0 aliphatic carbocycles. The van der Waals surface area contributed by atoms with Gasteiger partial charge in [0.05, 0.1) is 21.6 Å². The highest BCUT2D eigenvalue weighted by Gasteiger charge is 2.15. The van der Waals surface area contributed by atoms with Crippen LogP contribution in [0.1, 0.15) is 10.5 Å². The van der Waals surface area contributed by atoms with Crippen LogP contribution < -0.4 is 0 Å². The quantitative estimate of drug-likeness (QED) is 0.695.